The molecule has 0 fully saturated rings. The fourth-order valence-corrected chi connectivity index (χ4v) is 2.65. The Labute approximate surface area is 148 Å². The van der Waals surface area contributed by atoms with Crippen molar-refractivity contribution in [1.29, 1.82) is 0 Å². The Morgan fingerprint density at radius 3 is 2.75 bits per heavy atom. The third-order valence-electron chi connectivity index (χ3n) is 3.62. The van der Waals surface area contributed by atoms with Gasteiger partial charge < -0.3 is 10.1 Å². The summed E-state index contributed by atoms with van der Waals surface area (Å²) >= 11 is 3.38. The highest BCUT2D eigenvalue weighted by Crippen LogP contribution is 2.23. The van der Waals surface area contributed by atoms with Crippen molar-refractivity contribution in [2.75, 3.05) is 12.4 Å². The number of benzene rings is 2. The van der Waals surface area contributed by atoms with E-state index in [4.69, 9.17) is 4.74 Å². The van der Waals surface area contributed by atoms with Gasteiger partial charge in [-0.3, -0.25) is 4.79 Å². The summed E-state index contributed by atoms with van der Waals surface area (Å²) in [4.78, 5) is 12.6. The number of halogens is 1. The van der Waals surface area contributed by atoms with E-state index in [-0.39, 0.29) is 5.91 Å². The molecule has 0 aliphatic heterocycles. The van der Waals surface area contributed by atoms with Gasteiger partial charge in [0.1, 0.15) is 5.75 Å². The number of rotatable bonds is 4. The van der Waals surface area contributed by atoms with Crippen LogP contribution in [0.2, 0.25) is 0 Å². The number of hydrogen-bond acceptors (Lipinski definition) is 3. The minimum Gasteiger partial charge on any atom is -0.496 e. The van der Waals surface area contributed by atoms with E-state index in [0.717, 1.165) is 15.7 Å². The van der Waals surface area contributed by atoms with E-state index in [2.05, 4.69) is 26.3 Å². The maximum absolute atomic E-state index is 12.6. The van der Waals surface area contributed by atoms with Crippen LogP contribution in [0.25, 0.3) is 5.69 Å². The number of aromatic nitrogens is 2. The Morgan fingerprint density at radius 1 is 1.25 bits per heavy atom. The number of ether oxygens (including phenoxy) is 1. The lowest BCUT2D eigenvalue weighted by molar-refractivity contribution is 0.102. The van der Waals surface area contributed by atoms with Crippen LogP contribution in [-0.4, -0.2) is 22.8 Å². The summed E-state index contributed by atoms with van der Waals surface area (Å²) in [7, 11) is 1.59. The van der Waals surface area contributed by atoms with Gasteiger partial charge in [0.25, 0.3) is 5.91 Å². The molecule has 6 heteroatoms. The monoisotopic (exact) mass is 385 g/mol. The standard InChI is InChI=1S/C18H16BrN3O2/c1-12-7-8-13(9-17(12)24-2)18(23)21-15-5-3-4-6-16(15)22-11-14(19)10-20-22/h3-11H,1-2H3,(H,21,23). The number of methoxy groups -OCH3 is 1. The van der Waals surface area contributed by atoms with Gasteiger partial charge in [0.2, 0.25) is 0 Å². The second-order valence-corrected chi connectivity index (χ2v) is 6.17. The van der Waals surface area contributed by atoms with Crippen molar-refractivity contribution < 1.29 is 9.53 Å². The van der Waals surface area contributed by atoms with Crippen LogP contribution in [0.15, 0.2) is 59.3 Å². The van der Waals surface area contributed by atoms with Gasteiger partial charge in [-0.05, 0) is 52.7 Å². The van der Waals surface area contributed by atoms with E-state index in [9.17, 15) is 4.79 Å². The number of nitrogens with zero attached hydrogens (tertiary/aromatic N) is 2. The highest BCUT2D eigenvalue weighted by Gasteiger charge is 2.12. The molecule has 24 heavy (non-hydrogen) atoms. The predicted molar refractivity (Wildman–Crippen MR) is 96.9 cm³/mol. The first-order chi connectivity index (χ1) is 11.6. The fraction of sp³-hybridized carbons (Fsp3) is 0.111. The molecule has 3 rings (SSSR count). The Bertz CT molecular complexity index is 889. The second-order valence-electron chi connectivity index (χ2n) is 5.26. The lowest BCUT2D eigenvalue weighted by atomic mass is 10.1. The number of para-hydroxylation sites is 2. The number of anilines is 1. The summed E-state index contributed by atoms with van der Waals surface area (Å²) in [5, 5.41) is 7.20. The van der Waals surface area contributed by atoms with Crippen LogP contribution < -0.4 is 10.1 Å². The van der Waals surface area contributed by atoms with Gasteiger partial charge in [0.15, 0.2) is 0 Å². The van der Waals surface area contributed by atoms with Crippen molar-refractivity contribution in [2.24, 2.45) is 0 Å². The highest BCUT2D eigenvalue weighted by atomic mass is 79.9. The summed E-state index contributed by atoms with van der Waals surface area (Å²) in [6.45, 7) is 1.94. The zero-order chi connectivity index (χ0) is 17.1. The number of carbonyl (C=O) groups excluding carboxylic acids is 1. The molecule has 0 unspecified atom stereocenters. The Morgan fingerprint density at radius 2 is 2.04 bits per heavy atom. The number of amides is 1. The molecule has 1 N–H and O–H groups in total. The Balaban J connectivity index is 1.90. The largest absolute Gasteiger partial charge is 0.496 e. The fourth-order valence-electron chi connectivity index (χ4n) is 2.37. The zero-order valence-electron chi connectivity index (χ0n) is 13.3. The molecule has 0 radical (unpaired) electrons. The van der Waals surface area contributed by atoms with E-state index < -0.39 is 0 Å². The molecule has 0 saturated carbocycles. The lowest BCUT2D eigenvalue weighted by Crippen LogP contribution is -2.14. The van der Waals surface area contributed by atoms with E-state index in [1.165, 1.54) is 0 Å². The van der Waals surface area contributed by atoms with Gasteiger partial charge in [-0.25, -0.2) is 4.68 Å². The zero-order valence-corrected chi connectivity index (χ0v) is 14.9. The molecule has 1 aromatic heterocycles. The average molecular weight is 386 g/mol. The summed E-state index contributed by atoms with van der Waals surface area (Å²) < 4.78 is 7.85. The van der Waals surface area contributed by atoms with Crippen LogP contribution in [0.3, 0.4) is 0 Å². The summed E-state index contributed by atoms with van der Waals surface area (Å²) in [6.07, 6.45) is 3.53. The Kier molecular flexibility index (Phi) is 4.66. The minimum atomic E-state index is -0.202. The maximum atomic E-state index is 12.6. The van der Waals surface area contributed by atoms with E-state index in [1.807, 2.05) is 43.5 Å². The van der Waals surface area contributed by atoms with E-state index in [1.54, 1.807) is 30.1 Å². The molecule has 0 saturated heterocycles. The van der Waals surface area contributed by atoms with Crippen LogP contribution in [-0.2, 0) is 0 Å². The minimum absolute atomic E-state index is 0.202. The van der Waals surface area contributed by atoms with Crippen molar-refractivity contribution in [3.63, 3.8) is 0 Å². The molecular formula is C18H16BrN3O2. The third kappa shape index (κ3) is 3.33. The SMILES string of the molecule is COc1cc(C(=O)Nc2ccccc2-n2cc(Br)cn2)ccc1C. The predicted octanol–water partition coefficient (Wildman–Crippen LogP) is 4.20. The van der Waals surface area contributed by atoms with Crippen LogP contribution in [0, 0.1) is 6.92 Å². The molecule has 1 amide bonds. The van der Waals surface area contributed by atoms with E-state index >= 15 is 0 Å². The molecule has 2 aromatic carbocycles. The van der Waals surface area contributed by atoms with Gasteiger partial charge in [-0.2, -0.15) is 5.10 Å². The first kappa shape index (κ1) is 16.3. The molecule has 0 aliphatic carbocycles. The van der Waals surface area contributed by atoms with E-state index in [0.29, 0.717) is 17.0 Å². The third-order valence-corrected chi connectivity index (χ3v) is 4.03. The van der Waals surface area contributed by atoms with Crippen LogP contribution in [0.5, 0.6) is 5.75 Å². The van der Waals surface area contributed by atoms with Crippen molar-refractivity contribution in [2.45, 2.75) is 6.92 Å². The molecule has 0 spiro atoms. The quantitative estimate of drug-likeness (QED) is 0.731. The topological polar surface area (TPSA) is 56.1 Å². The van der Waals surface area contributed by atoms with Crippen LogP contribution in [0.1, 0.15) is 15.9 Å². The molecule has 122 valence electrons. The van der Waals surface area contributed by atoms with Gasteiger partial charge in [0.05, 0.1) is 29.2 Å². The molecule has 0 aliphatic rings. The van der Waals surface area contributed by atoms with Gasteiger partial charge in [-0.15, -0.1) is 0 Å². The maximum Gasteiger partial charge on any atom is 0.255 e. The molecule has 0 bridgehead atoms. The van der Waals surface area contributed by atoms with Gasteiger partial charge >= 0.3 is 0 Å². The molecule has 5 nitrogen and oxygen atoms in total. The van der Waals surface area contributed by atoms with Crippen molar-refractivity contribution >= 4 is 27.5 Å². The average Bonchev–Trinajstić information content (AvgIpc) is 3.02. The number of carbonyl (C=O) groups is 1. The van der Waals surface area contributed by atoms with Crippen LogP contribution in [0.4, 0.5) is 5.69 Å². The molecular weight excluding hydrogens is 370 g/mol. The summed E-state index contributed by atoms with van der Waals surface area (Å²) in [5.41, 5.74) is 2.98. The first-order valence-corrected chi connectivity index (χ1v) is 8.13. The van der Waals surface area contributed by atoms with Gasteiger partial charge in [-0.1, -0.05) is 18.2 Å². The molecule has 1 heterocycles. The summed E-state index contributed by atoms with van der Waals surface area (Å²) in [5.74, 6) is 0.485. The first-order valence-electron chi connectivity index (χ1n) is 7.34. The normalized spacial score (nSPS) is 10.5. The van der Waals surface area contributed by atoms with Crippen molar-refractivity contribution in [1.82, 2.24) is 9.78 Å². The van der Waals surface area contributed by atoms with Crippen LogP contribution >= 0.6 is 15.9 Å². The smallest absolute Gasteiger partial charge is 0.255 e. The number of hydrogen-bond donors (Lipinski definition) is 1. The van der Waals surface area contributed by atoms with Crippen molar-refractivity contribution in [3.05, 3.63) is 70.5 Å². The van der Waals surface area contributed by atoms with Crippen molar-refractivity contribution in [3.8, 4) is 11.4 Å². The molecule has 3 aromatic rings. The second kappa shape index (κ2) is 6.88. The molecule has 0 atom stereocenters. The summed E-state index contributed by atoms with van der Waals surface area (Å²) in [6, 6.07) is 12.9. The number of aryl methyl sites for hydroxylation is 1. The highest BCUT2D eigenvalue weighted by molar-refractivity contribution is 9.10. The lowest BCUT2D eigenvalue weighted by Gasteiger charge is -2.12. The Hall–Kier alpha value is -2.60. The number of nitrogens with one attached hydrogen (secondary N) is 1. The van der Waals surface area contributed by atoms with Gasteiger partial charge in [0, 0.05) is 11.8 Å².